The Bertz CT molecular complexity index is 804. The summed E-state index contributed by atoms with van der Waals surface area (Å²) in [5.41, 5.74) is 3.62. The van der Waals surface area contributed by atoms with Crippen LogP contribution in [0.3, 0.4) is 0 Å². The number of halogens is 2. The minimum Gasteiger partial charge on any atom is -0.328 e. The van der Waals surface area contributed by atoms with Gasteiger partial charge < -0.3 is 4.90 Å². The molecule has 2 aromatic rings. The highest BCUT2D eigenvalue weighted by molar-refractivity contribution is 9.10. The number of rotatable bonds is 1. The molecule has 0 aliphatic carbocycles. The number of amides is 1. The average Bonchev–Trinajstić information content (AvgIpc) is 2.85. The van der Waals surface area contributed by atoms with Crippen molar-refractivity contribution in [3.05, 3.63) is 68.9 Å². The molecule has 2 aromatic carbocycles. The van der Waals surface area contributed by atoms with E-state index in [0.717, 1.165) is 29.3 Å². The van der Waals surface area contributed by atoms with Crippen molar-refractivity contribution in [2.45, 2.75) is 38.3 Å². The van der Waals surface area contributed by atoms with Crippen molar-refractivity contribution in [3.63, 3.8) is 0 Å². The smallest absolute Gasteiger partial charge is 0.257 e. The predicted molar refractivity (Wildman–Crippen MR) is 90.9 cm³/mol. The van der Waals surface area contributed by atoms with Gasteiger partial charge in [0, 0.05) is 10.5 Å². The van der Waals surface area contributed by atoms with Crippen LogP contribution in [-0.4, -0.2) is 16.8 Å². The highest BCUT2D eigenvalue weighted by Crippen LogP contribution is 2.45. The first-order valence-electron chi connectivity index (χ1n) is 7.92. The Hall–Kier alpha value is -1.68. The summed E-state index contributed by atoms with van der Waals surface area (Å²) < 4.78 is 15.2. The van der Waals surface area contributed by atoms with E-state index in [1.807, 2.05) is 11.8 Å². The number of carbonyl (C=O) groups is 1. The fourth-order valence-corrected chi connectivity index (χ4v) is 4.33. The van der Waals surface area contributed by atoms with Crippen LogP contribution in [0.2, 0.25) is 0 Å². The van der Waals surface area contributed by atoms with Crippen molar-refractivity contribution in [2.24, 2.45) is 0 Å². The molecule has 0 spiro atoms. The fourth-order valence-electron chi connectivity index (χ4n) is 3.95. The Kier molecular flexibility index (Phi) is 3.52. The van der Waals surface area contributed by atoms with E-state index >= 15 is 0 Å². The first-order chi connectivity index (χ1) is 11.0. The minimum atomic E-state index is -0.431. The molecule has 2 atom stereocenters. The molecule has 118 valence electrons. The molecule has 1 fully saturated rings. The van der Waals surface area contributed by atoms with Gasteiger partial charge in [0.1, 0.15) is 5.82 Å². The molecule has 2 aliphatic rings. The van der Waals surface area contributed by atoms with Gasteiger partial charge in [0.2, 0.25) is 0 Å². The molecular formula is C19H17BrFNO. The van der Waals surface area contributed by atoms with E-state index in [4.69, 9.17) is 0 Å². The van der Waals surface area contributed by atoms with Crippen molar-refractivity contribution < 1.29 is 9.18 Å². The lowest BCUT2D eigenvalue weighted by Gasteiger charge is -2.36. The molecule has 4 rings (SSSR count). The number of fused-ring (bicyclic) bond motifs is 4. The van der Waals surface area contributed by atoms with Crippen LogP contribution in [0.4, 0.5) is 4.39 Å². The molecule has 0 unspecified atom stereocenters. The number of hydrogen-bond donors (Lipinski definition) is 0. The van der Waals surface area contributed by atoms with Crippen LogP contribution in [-0.2, 0) is 6.42 Å². The third-order valence-electron chi connectivity index (χ3n) is 5.01. The van der Waals surface area contributed by atoms with Gasteiger partial charge in [-0.3, -0.25) is 4.79 Å². The van der Waals surface area contributed by atoms with Gasteiger partial charge in [0.25, 0.3) is 5.91 Å². The summed E-state index contributed by atoms with van der Waals surface area (Å²) in [4.78, 5) is 14.9. The SMILES string of the molecule is Cc1ccc(F)c(C(=O)N2[C@@H]3CC[C@H]2c2cc(Br)ccc2C3)c1. The van der Waals surface area contributed by atoms with Gasteiger partial charge in [-0.1, -0.05) is 33.6 Å². The lowest BCUT2D eigenvalue weighted by molar-refractivity contribution is 0.0641. The van der Waals surface area contributed by atoms with Gasteiger partial charge in [-0.05, 0) is 61.6 Å². The average molecular weight is 374 g/mol. The van der Waals surface area contributed by atoms with Crippen molar-refractivity contribution in [1.82, 2.24) is 4.90 Å². The summed E-state index contributed by atoms with van der Waals surface area (Å²) in [5.74, 6) is -0.607. The monoisotopic (exact) mass is 373 g/mol. The van der Waals surface area contributed by atoms with E-state index in [1.54, 1.807) is 12.1 Å². The minimum absolute atomic E-state index is 0.0636. The van der Waals surface area contributed by atoms with Crippen LogP contribution in [0.15, 0.2) is 40.9 Å². The maximum absolute atomic E-state index is 14.2. The Morgan fingerprint density at radius 1 is 1.22 bits per heavy atom. The van der Waals surface area contributed by atoms with Crippen LogP contribution >= 0.6 is 15.9 Å². The molecule has 0 radical (unpaired) electrons. The van der Waals surface area contributed by atoms with Crippen molar-refractivity contribution in [3.8, 4) is 0 Å². The molecule has 1 amide bonds. The van der Waals surface area contributed by atoms with Crippen molar-refractivity contribution in [2.75, 3.05) is 0 Å². The van der Waals surface area contributed by atoms with Crippen LogP contribution in [0.5, 0.6) is 0 Å². The lowest BCUT2D eigenvalue weighted by Crippen LogP contribution is -2.42. The molecule has 1 saturated heterocycles. The highest BCUT2D eigenvalue weighted by Gasteiger charge is 2.43. The van der Waals surface area contributed by atoms with E-state index in [-0.39, 0.29) is 23.6 Å². The summed E-state index contributed by atoms with van der Waals surface area (Å²) in [7, 11) is 0. The van der Waals surface area contributed by atoms with Crippen LogP contribution in [0, 0.1) is 12.7 Å². The zero-order valence-corrected chi connectivity index (χ0v) is 14.4. The second-order valence-electron chi connectivity index (χ2n) is 6.49. The van der Waals surface area contributed by atoms with Gasteiger partial charge in [-0.2, -0.15) is 0 Å². The molecule has 2 heterocycles. The first kappa shape index (κ1) is 14.9. The summed E-state index contributed by atoms with van der Waals surface area (Å²) in [6, 6.07) is 11.3. The summed E-state index contributed by atoms with van der Waals surface area (Å²) in [6.45, 7) is 1.88. The Morgan fingerprint density at radius 3 is 2.87 bits per heavy atom. The molecule has 23 heavy (non-hydrogen) atoms. The van der Waals surface area contributed by atoms with Gasteiger partial charge >= 0.3 is 0 Å². The van der Waals surface area contributed by atoms with Crippen molar-refractivity contribution >= 4 is 21.8 Å². The van der Waals surface area contributed by atoms with Crippen LogP contribution in [0.1, 0.15) is 45.9 Å². The van der Waals surface area contributed by atoms with E-state index < -0.39 is 5.82 Å². The van der Waals surface area contributed by atoms with E-state index in [2.05, 4.69) is 34.1 Å². The zero-order chi connectivity index (χ0) is 16.1. The number of aryl methyl sites for hydroxylation is 1. The summed E-state index contributed by atoms with van der Waals surface area (Å²) in [6.07, 6.45) is 2.79. The van der Waals surface area contributed by atoms with Gasteiger partial charge in [-0.15, -0.1) is 0 Å². The van der Waals surface area contributed by atoms with Crippen LogP contribution < -0.4 is 0 Å². The molecule has 2 bridgehead atoms. The van der Waals surface area contributed by atoms with Gasteiger partial charge in [0.15, 0.2) is 0 Å². The number of carbonyl (C=O) groups excluding carboxylic acids is 1. The topological polar surface area (TPSA) is 20.3 Å². The molecule has 2 aliphatic heterocycles. The number of nitrogens with zero attached hydrogens (tertiary/aromatic N) is 1. The standard InChI is InChI=1S/C19H17BrFNO/c1-11-2-6-17(21)16(8-11)19(23)22-14-5-7-18(22)15-10-13(20)4-3-12(15)9-14/h2-4,6,8,10,14,18H,5,7,9H2,1H3/t14-,18+/m1/s1. The van der Waals surface area contributed by atoms with Gasteiger partial charge in [-0.25, -0.2) is 4.39 Å². The Balaban J connectivity index is 1.76. The molecule has 0 saturated carbocycles. The quantitative estimate of drug-likeness (QED) is 0.702. The van der Waals surface area contributed by atoms with E-state index in [1.165, 1.54) is 17.2 Å². The molecule has 4 heteroatoms. The van der Waals surface area contributed by atoms with Gasteiger partial charge in [0.05, 0.1) is 11.6 Å². The number of benzene rings is 2. The predicted octanol–water partition coefficient (Wildman–Crippen LogP) is 4.80. The lowest BCUT2D eigenvalue weighted by atomic mass is 9.92. The molecular weight excluding hydrogens is 357 g/mol. The number of hydrogen-bond acceptors (Lipinski definition) is 1. The maximum Gasteiger partial charge on any atom is 0.257 e. The third kappa shape index (κ3) is 2.40. The van der Waals surface area contributed by atoms with E-state index in [0.29, 0.717) is 0 Å². The molecule has 0 N–H and O–H groups in total. The normalized spacial score (nSPS) is 22.1. The Labute approximate surface area is 143 Å². The maximum atomic E-state index is 14.2. The Morgan fingerprint density at radius 2 is 2.04 bits per heavy atom. The highest BCUT2D eigenvalue weighted by atomic mass is 79.9. The second kappa shape index (κ2) is 5.45. The summed E-state index contributed by atoms with van der Waals surface area (Å²) in [5, 5.41) is 0. The molecule has 0 aromatic heterocycles. The molecule has 2 nitrogen and oxygen atoms in total. The second-order valence-corrected chi connectivity index (χ2v) is 7.41. The van der Waals surface area contributed by atoms with Crippen LogP contribution in [0.25, 0.3) is 0 Å². The first-order valence-corrected chi connectivity index (χ1v) is 8.71. The summed E-state index contributed by atoms with van der Waals surface area (Å²) >= 11 is 3.52. The third-order valence-corrected chi connectivity index (χ3v) is 5.50. The largest absolute Gasteiger partial charge is 0.328 e. The van der Waals surface area contributed by atoms with E-state index in [9.17, 15) is 9.18 Å². The fraction of sp³-hybridized carbons (Fsp3) is 0.316. The van der Waals surface area contributed by atoms with Crippen molar-refractivity contribution in [1.29, 1.82) is 0 Å². The zero-order valence-electron chi connectivity index (χ0n) is 12.9.